The number of benzene rings is 1. The van der Waals surface area contributed by atoms with E-state index in [9.17, 15) is 0 Å². The maximum absolute atomic E-state index is 2.63. The second kappa shape index (κ2) is 8.91. The van der Waals surface area contributed by atoms with Gasteiger partial charge in [-0.1, -0.05) is 89.3 Å². The van der Waals surface area contributed by atoms with E-state index in [2.05, 4.69) is 68.5 Å². The predicted octanol–water partition coefficient (Wildman–Crippen LogP) is 7.98. The van der Waals surface area contributed by atoms with Crippen molar-refractivity contribution in [3.8, 4) is 0 Å². The highest BCUT2D eigenvalue weighted by atomic mass is 31.1. The van der Waals surface area contributed by atoms with E-state index in [0.29, 0.717) is 5.92 Å². The lowest BCUT2D eigenvalue weighted by molar-refractivity contribution is 0.478. The summed E-state index contributed by atoms with van der Waals surface area (Å²) in [6.07, 6.45) is 23.3. The summed E-state index contributed by atoms with van der Waals surface area (Å²) in [6.45, 7) is 4.70. The fourth-order valence-corrected chi connectivity index (χ4v) is 8.66. The van der Waals surface area contributed by atoms with Gasteiger partial charge < -0.3 is 0 Å². The van der Waals surface area contributed by atoms with Crippen LogP contribution in [0, 0.1) is 17.8 Å². The van der Waals surface area contributed by atoms with Gasteiger partial charge in [-0.25, -0.2) is 0 Å². The molecular weight excluding hydrogens is 343 g/mol. The molecule has 1 fully saturated rings. The largest absolute Gasteiger partial charge is 0.0808 e. The molecule has 144 valence electrons. The van der Waals surface area contributed by atoms with Crippen LogP contribution in [0.5, 0.6) is 0 Å². The van der Waals surface area contributed by atoms with E-state index in [1.54, 1.807) is 5.56 Å². The van der Waals surface area contributed by atoms with Gasteiger partial charge in [0.25, 0.3) is 0 Å². The molecule has 1 saturated carbocycles. The lowest BCUT2D eigenvalue weighted by Gasteiger charge is -2.30. The summed E-state index contributed by atoms with van der Waals surface area (Å²) < 4.78 is 0. The predicted molar refractivity (Wildman–Crippen MR) is 122 cm³/mol. The van der Waals surface area contributed by atoms with Crippen molar-refractivity contribution in [2.24, 2.45) is 17.8 Å². The fourth-order valence-electron chi connectivity index (χ4n) is 5.46. The van der Waals surface area contributed by atoms with E-state index < -0.39 is 0 Å². The molecule has 0 bridgehead atoms. The molecule has 1 heteroatoms. The molecule has 1 aromatic rings. The van der Waals surface area contributed by atoms with Gasteiger partial charge >= 0.3 is 0 Å². The third kappa shape index (κ3) is 4.02. The highest BCUT2D eigenvalue weighted by Gasteiger charge is 2.41. The quantitative estimate of drug-likeness (QED) is 0.402. The first-order chi connectivity index (χ1) is 13.3. The monoisotopic (exact) mass is 378 g/mol. The zero-order chi connectivity index (χ0) is 18.6. The molecule has 0 heterocycles. The molecule has 27 heavy (non-hydrogen) atoms. The Labute approximate surface area is 167 Å². The Hall–Kier alpha value is -1.13. The Morgan fingerprint density at radius 3 is 2.15 bits per heavy atom. The Balaban J connectivity index is 1.62. The SMILES string of the molecule is CCCCP(CCCC)C1=Cc2ccccc2C1C1CC2C=CC=CC2C1. The van der Waals surface area contributed by atoms with Crippen molar-refractivity contribution in [3.05, 3.63) is 65.0 Å². The first-order valence-corrected chi connectivity index (χ1v) is 12.9. The van der Waals surface area contributed by atoms with Crippen molar-refractivity contribution < 1.29 is 0 Å². The third-order valence-corrected chi connectivity index (χ3v) is 9.73. The van der Waals surface area contributed by atoms with Gasteiger partial charge in [0.05, 0.1) is 0 Å². The number of allylic oxidation sites excluding steroid dienone is 5. The normalized spacial score (nSPS) is 28.5. The molecule has 0 nitrogen and oxygen atoms in total. The second-order valence-electron chi connectivity index (χ2n) is 8.70. The third-order valence-electron chi connectivity index (χ3n) is 6.88. The Morgan fingerprint density at radius 2 is 1.52 bits per heavy atom. The minimum Gasteiger partial charge on any atom is -0.0808 e. The van der Waals surface area contributed by atoms with Gasteiger partial charge in [0.2, 0.25) is 0 Å². The van der Waals surface area contributed by atoms with Crippen molar-refractivity contribution in [2.75, 3.05) is 12.3 Å². The topological polar surface area (TPSA) is 0 Å². The Morgan fingerprint density at radius 1 is 0.889 bits per heavy atom. The van der Waals surface area contributed by atoms with E-state index in [0.717, 1.165) is 17.8 Å². The molecule has 0 radical (unpaired) electrons. The zero-order valence-electron chi connectivity index (χ0n) is 17.1. The molecule has 3 aliphatic carbocycles. The van der Waals surface area contributed by atoms with E-state index in [1.807, 2.05) is 5.31 Å². The average Bonchev–Trinajstić information content (AvgIpc) is 3.29. The fraction of sp³-hybridized carbons (Fsp3) is 0.538. The highest BCUT2D eigenvalue weighted by molar-refractivity contribution is 7.62. The maximum atomic E-state index is 2.63. The van der Waals surface area contributed by atoms with Crippen molar-refractivity contribution >= 4 is 14.0 Å². The van der Waals surface area contributed by atoms with Crippen LogP contribution in [0.2, 0.25) is 0 Å². The molecule has 0 N–H and O–H groups in total. The van der Waals surface area contributed by atoms with Crippen LogP contribution in [0.15, 0.2) is 53.9 Å². The summed E-state index contributed by atoms with van der Waals surface area (Å²) in [5, 5.41) is 1.85. The molecule has 3 aliphatic rings. The number of fused-ring (bicyclic) bond motifs is 2. The minimum atomic E-state index is 0.0283. The standard InChI is InChI=1S/C26H35P/c1-3-5-15-27(16-6-4-2)25-19-22-13-9-10-14-24(22)26(25)23-17-20-11-7-8-12-21(20)18-23/h7-14,19-21,23,26H,3-6,15-18H2,1-2H3. The van der Waals surface area contributed by atoms with Crippen LogP contribution >= 0.6 is 7.92 Å². The summed E-state index contributed by atoms with van der Waals surface area (Å²) >= 11 is 0. The second-order valence-corrected chi connectivity index (χ2v) is 11.2. The Bertz CT molecular complexity index is 697. The molecule has 0 amide bonds. The molecule has 3 unspecified atom stereocenters. The van der Waals surface area contributed by atoms with Gasteiger partial charge in [0.1, 0.15) is 0 Å². The number of rotatable bonds is 8. The summed E-state index contributed by atoms with van der Waals surface area (Å²) in [4.78, 5) is 0. The van der Waals surface area contributed by atoms with Crippen LogP contribution < -0.4 is 0 Å². The molecule has 1 aromatic carbocycles. The van der Waals surface area contributed by atoms with Gasteiger partial charge in [0, 0.05) is 5.92 Å². The van der Waals surface area contributed by atoms with Crippen LogP contribution in [0.3, 0.4) is 0 Å². The smallest absolute Gasteiger partial charge is 0.0129 e. The lowest BCUT2D eigenvalue weighted by atomic mass is 9.85. The van der Waals surface area contributed by atoms with Gasteiger partial charge in [-0.05, 0) is 72.2 Å². The van der Waals surface area contributed by atoms with E-state index in [1.165, 1.54) is 56.4 Å². The van der Waals surface area contributed by atoms with Crippen molar-refractivity contribution in [1.82, 2.24) is 0 Å². The number of unbranched alkanes of at least 4 members (excludes halogenated alkanes) is 2. The first kappa shape index (κ1) is 19.2. The van der Waals surface area contributed by atoms with Gasteiger partial charge in [0.15, 0.2) is 0 Å². The summed E-state index contributed by atoms with van der Waals surface area (Å²) in [7, 11) is 0.0283. The van der Waals surface area contributed by atoms with E-state index in [-0.39, 0.29) is 7.92 Å². The molecule has 0 aliphatic heterocycles. The summed E-state index contributed by atoms with van der Waals surface area (Å²) in [5.74, 6) is 3.10. The maximum Gasteiger partial charge on any atom is 0.0129 e. The highest BCUT2D eigenvalue weighted by Crippen LogP contribution is 2.61. The average molecular weight is 379 g/mol. The van der Waals surface area contributed by atoms with Crippen molar-refractivity contribution in [3.63, 3.8) is 0 Å². The van der Waals surface area contributed by atoms with Gasteiger partial charge in [-0.2, -0.15) is 0 Å². The van der Waals surface area contributed by atoms with Crippen LogP contribution in [-0.2, 0) is 0 Å². The van der Waals surface area contributed by atoms with Crippen LogP contribution in [-0.4, -0.2) is 12.3 Å². The van der Waals surface area contributed by atoms with Crippen LogP contribution in [0.4, 0.5) is 0 Å². The van der Waals surface area contributed by atoms with Crippen LogP contribution in [0.25, 0.3) is 6.08 Å². The van der Waals surface area contributed by atoms with Crippen molar-refractivity contribution in [2.45, 2.75) is 58.3 Å². The zero-order valence-corrected chi connectivity index (χ0v) is 18.0. The summed E-state index contributed by atoms with van der Waals surface area (Å²) in [6, 6.07) is 9.30. The lowest BCUT2D eigenvalue weighted by Crippen LogP contribution is -2.12. The number of hydrogen-bond donors (Lipinski definition) is 0. The molecule has 4 rings (SSSR count). The van der Waals surface area contributed by atoms with Gasteiger partial charge in [-0.3, -0.25) is 0 Å². The first-order valence-electron chi connectivity index (χ1n) is 11.2. The van der Waals surface area contributed by atoms with Crippen molar-refractivity contribution in [1.29, 1.82) is 0 Å². The molecular formula is C26H35P. The number of hydrogen-bond acceptors (Lipinski definition) is 0. The minimum absolute atomic E-state index is 0.0283. The van der Waals surface area contributed by atoms with E-state index in [4.69, 9.17) is 0 Å². The molecule has 0 spiro atoms. The molecule has 3 atom stereocenters. The van der Waals surface area contributed by atoms with Crippen LogP contribution in [0.1, 0.15) is 69.4 Å². The van der Waals surface area contributed by atoms with E-state index >= 15 is 0 Å². The Kier molecular flexibility index (Phi) is 6.34. The molecule has 0 saturated heterocycles. The van der Waals surface area contributed by atoms with Gasteiger partial charge in [-0.15, -0.1) is 0 Å². The molecule has 0 aromatic heterocycles. The summed E-state index contributed by atoms with van der Waals surface area (Å²) in [5.41, 5.74) is 3.17.